The van der Waals surface area contributed by atoms with E-state index in [0.29, 0.717) is 0 Å². The highest BCUT2D eigenvalue weighted by Crippen LogP contribution is 2.18. The summed E-state index contributed by atoms with van der Waals surface area (Å²) in [5.74, 6) is 0. The molecule has 1 aromatic rings. The number of hydrogen-bond donors (Lipinski definition) is 2. The molecule has 1 rings (SSSR count). The van der Waals surface area contributed by atoms with Gasteiger partial charge < -0.3 is 9.84 Å². The van der Waals surface area contributed by atoms with Gasteiger partial charge in [0.2, 0.25) is 10.0 Å². The number of nitrogens with zero attached hydrogens (tertiary/aromatic N) is 1. The largest absolute Gasteiger partial charge is 0.389 e. The summed E-state index contributed by atoms with van der Waals surface area (Å²) in [6.07, 6.45) is 0.251. The van der Waals surface area contributed by atoms with Crippen LogP contribution in [0.5, 0.6) is 0 Å². The van der Waals surface area contributed by atoms with Gasteiger partial charge in [0.25, 0.3) is 5.69 Å². The monoisotopic (exact) mass is 318 g/mol. The van der Waals surface area contributed by atoms with Gasteiger partial charge in [0.1, 0.15) is 0 Å². The maximum Gasteiger partial charge on any atom is 0.270 e. The van der Waals surface area contributed by atoms with E-state index in [1.165, 1.54) is 32.2 Å². The Hall–Kier alpha value is -1.55. The van der Waals surface area contributed by atoms with Crippen molar-refractivity contribution in [2.45, 2.75) is 23.8 Å². The van der Waals surface area contributed by atoms with Crippen molar-refractivity contribution in [1.82, 2.24) is 4.72 Å². The van der Waals surface area contributed by atoms with Crippen LogP contribution in [0.15, 0.2) is 29.2 Å². The summed E-state index contributed by atoms with van der Waals surface area (Å²) in [4.78, 5) is 9.76. The SMILES string of the molecule is COCCC(C)(O)CNS(=O)(=O)c1cccc([N+](=O)[O-])c1. The first-order valence-corrected chi connectivity index (χ1v) is 7.62. The van der Waals surface area contributed by atoms with Crippen molar-refractivity contribution >= 4 is 15.7 Å². The Morgan fingerprint density at radius 1 is 1.48 bits per heavy atom. The zero-order valence-electron chi connectivity index (χ0n) is 11.8. The average Bonchev–Trinajstić information content (AvgIpc) is 2.43. The predicted octanol–water partition coefficient (Wildman–Crippen LogP) is 0.661. The van der Waals surface area contributed by atoms with E-state index in [4.69, 9.17) is 4.74 Å². The van der Waals surface area contributed by atoms with Gasteiger partial charge in [-0.15, -0.1) is 0 Å². The number of nitro benzene ring substituents is 1. The van der Waals surface area contributed by atoms with Crippen LogP contribution >= 0.6 is 0 Å². The molecule has 0 saturated carbocycles. The minimum Gasteiger partial charge on any atom is -0.389 e. The van der Waals surface area contributed by atoms with Crippen molar-refractivity contribution in [3.8, 4) is 0 Å². The van der Waals surface area contributed by atoms with Gasteiger partial charge in [-0.1, -0.05) is 6.07 Å². The van der Waals surface area contributed by atoms with Gasteiger partial charge in [0, 0.05) is 38.8 Å². The molecule has 0 aliphatic carbocycles. The molecular weight excluding hydrogens is 300 g/mol. The molecule has 9 heteroatoms. The fraction of sp³-hybridized carbons (Fsp3) is 0.500. The molecule has 0 bridgehead atoms. The molecule has 0 amide bonds. The van der Waals surface area contributed by atoms with E-state index < -0.39 is 20.5 Å². The number of benzene rings is 1. The molecular formula is C12H18N2O6S. The summed E-state index contributed by atoms with van der Waals surface area (Å²) < 4.78 is 31.2. The molecule has 1 aromatic carbocycles. The fourth-order valence-corrected chi connectivity index (χ4v) is 2.71. The summed E-state index contributed by atoms with van der Waals surface area (Å²) in [6, 6.07) is 4.70. The first kappa shape index (κ1) is 17.5. The van der Waals surface area contributed by atoms with Gasteiger partial charge in [0.15, 0.2) is 0 Å². The minimum atomic E-state index is -3.93. The Labute approximate surface area is 122 Å². The van der Waals surface area contributed by atoms with E-state index in [1.54, 1.807) is 0 Å². The molecule has 118 valence electrons. The quantitative estimate of drug-likeness (QED) is 0.537. The molecule has 0 aliphatic rings. The second-order valence-electron chi connectivity index (χ2n) is 4.82. The van der Waals surface area contributed by atoms with Gasteiger partial charge >= 0.3 is 0 Å². The Bertz CT molecular complexity index is 600. The summed E-state index contributed by atoms with van der Waals surface area (Å²) >= 11 is 0. The van der Waals surface area contributed by atoms with Crippen molar-refractivity contribution in [3.63, 3.8) is 0 Å². The molecule has 0 heterocycles. The summed E-state index contributed by atoms with van der Waals surface area (Å²) in [7, 11) is -2.45. The third-order valence-electron chi connectivity index (χ3n) is 2.83. The van der Waals surface area contributed by atoms with Crippen molar-refractivity contribution in [2.75, 3.05) is 20.3 Å². The van der Waals surface area contributed by atoms with Crippen molar-refractivity contribution in [1.29, 1.82) is 0 Å². The molecule has 2 N–H and O–H groups in total. The van der Waals surface area contributed by atoms with Crippen LogP contribution in [-0.4, -0.2) is 44.3 Å². The van der Waals surface area contributed by atoms with Crippen LogP contribution in [0, 0.1) is 10.1 Å². The van der Waals surface area contributed by atoms with Crippen LogP contribution in [0.3, 0.4) is 0 Å². The van der Waals surface area contributed by atoms with Crippen LogP contribution in [0.4, 0.5) is 5.69 Å². The molecule has 0 spiro atoms. The predicted molar refractivity (Wildman–Crippen MR) is 75.4 cm³/mol. The van der Waals surface area contributed by atoms with E-state index in [9.17, 15) is 23.6 Å². The Morgan fingerprint density at radius 2 is 2.14 bits per heavy atom. The van der Waals surface area contributed by atoms with E-state index in [-0.39, 0.29) is 30.2 Å². The highest BCUT2D eigenvalue weighted by molar-refractivity contribution is 7.89. The molecule has 0 fully saturated rings. The number of hydrogen-bond acceptors (Lipinski definition) is 6. The summed E-state index contributed by atoms with van der Waals surface area (Å²) in [6.45, 7) is 1.54. The Morgan fingerprint density at radius 3 is 2.71 bits per heavy atom. The van der Waals surface area contributed by atoms with Crippen LogP contribution in [0.2, 0.25) is 0 Å². The van der Waals surface area contributed by atoms with Crippen LogP contribution in [0.25, 0.3) is 0 Å². The van der Waals surface area contributed by atoms with E-state index in [2.05, 4.69) is 4.72 Å². The normalized spacial score (nSPS) is 14.6. The number of nitrogens with one attached hydrogen (secondary N) is 1. The zero-order valence-corrected chi connectivity index (χ0v) is 12.6. The highest BCUT2D eigenvalue weighted by atomic mass is 32.2. The molecule has 1 unspecified atom stereocenters. The van der Waals surface area contributed by atoms with Crippen molar-refractivity contribution < 1.29 is 23.2 Å². The highest BCUT2D eigenvalue weighted by Gasteiger charge is 2.24. The topological polar surface area (TPSA) is 119 Å². The minimum absolute atomic E-state index is 0.221. The van der Waals surface area contributed by atoms with Gasteiger partial charge in [-0.05, 0) is 13.0 Å². The van der Waals surface area contributed by atoms with E-state index in [1.807, 2.05) is 0 Å². The van der Waals surface area contributed by atoms with Crippen molar-refractivity contribution in [3.05, 3.63) is 34.4 Å². The van der Waals surface area contributed by atoms with Gasteiger partial charge in [-0.2, -0.15) is 0 Å². The lowest BCUT2D eigenvalue weighted by Gasteiger charge is -2.23. The lowest BCUT2D eigenvalue weighted by atomic mass is 10.0. The molecule has 0 aromatic heterocycles. The van der Waals surface area contributed by atoms with Crippen LogP contribution in [-0.2, 0) is 14.8 Å². The third-order valence-corrected chi connectivity index (χ3v) is 4.23. The lowest BCUT2D eigenvalue weighted by molar-refractivity contribution is -0.385. The number of sulfonamides is 1. The maximum absolute atomic E-state index is 12.1. The number of rotatable bonds is 8. The summed E-state index contributed by atoms with van der Waals surface area (Å²) in [5.41, 5.74) is -1.59. The van der Waals surface area contributed by atoms with Gasteiger partial charge in [-0.3, -0.25) is 10.1 Å². The smallest absolute Gasteiger partial charge is 0.270 e. The number of aliphatic hydroxyl groups is 1. The third kappa shape index (κ3) is 5.38. The zero-order chi connectivity index (χ0) is 16.1. The lowest BCUT2D eigenvalue weighted by Crippen LogP contribution is -2.41. The molecule has 21 heavy (non-hydrogen) atoms. The van der Waals surface area contributed by atoms with Gasteiger partial charge in [0.05, 0.1) is 15.4 Å². The first-order valence-electron chi connectivity index (χ1n) is 6.13. The van der Waals surface area contributed by atoms with E-state index >= 15 is 0 Å². The molecule has 0 radical (unpaired) electrons. The molecule has 1 atom stereocenters. The maximum atomic E-state index is 12.1. The Balaban J connectivity index is 2.82. The average molecular weight is 318 g/mol. The summed E-state index contributed by atoms with van der Waals surface area (Å²) in [5, 5.41) is 20.6. The molecule has 8 nitrogen and oxygen atoms in total. The second-order valence-corrected chi connectivity index (χ2v) is 6.59. The molecule has 0 aliphatic heterocycles. The van der Waals surface area contributed by atoms with Crippen LogP contribution < -0.4 is 4.72 Å². The fourth-order valence-electron chi connectivity index (χ4n) is 1.51. The standard InChI is InChI=1S/C12H18N2O6S/c1-12(15,6-7-20-2)9-13-21(18,19)11-5-3-4-10(8-11)14(16)17/h3-5,8,13,15H,6-7,9H2,1-2H3. The van der Waals surface area contributed by atoms with Crippen LogP contribution in [0.1, 0.15) is 13.3 Å². The number of non-ortho nitro benzene ring substituents is 1. The Kier molecular flexibility index (Phi) is 5.78. The second kappa shape index (κ2) is 6.94. The molecule has 0 saturated heterocycles. The van der Waals surface area contributed by atoms with Gasteiger partial charge in [-0.25, -0.2) is 13.1 Å². The number of methoxy groups -OCH3 is 1. The number of nitro groups is 1. The number of ether oxygens (including phenoxy) is 1. The first-order chi connectivity index (χ1) is 9.68. The van der Waals surface area contributed by atoms with E-state index in [0.717, 1.165) is 6.07 Å². The van der Waals surface area contributed by atoms with Crippen molar-refractivity contribution in [2.24, 2.45) is 0 Å².